The van der Waals surface area contributed by atoms with Crippen molar-refractivity contribution >= 4 is 34.4 Å². The van der Waals surface area contributed by atoms with E-state index in [9.17, 15) is 19.5 Å². The first-order chi connectivity index (χ1) is 17.5. The molecular formula is C28H36N4O5. The molecule has 9 nitrogen and oxygen atoms in total. The number of aliphatic carboxylic acids is 1. The van der Waals surface area contributed by atoms with Crippen LogP contribution in [0.1, 0.15) is 39.7 Å². The van der Waals surface area contributed by atoms with Crippen molar-refractivity contribution in [3.05, 3.63) is 66.4 Å². The maximum atomic E-state index is 13.6. The van der Waals surface area contributed by atoms with Gasteiger partial charge in [-0.3, -0.25) is 9.59 Å². The van der Waals surface area contributed by atoms with Gasteiger partial charge in [-0.15, -0.1) is 0 Å². The second-order valence-corrected chi connectivity index (χ2v) is 10.2. The predicted octanol–water partition coefficient (Wildman–Crippen LogP) is 3.23. The van der Waals surface area contributed by atoms with Gasteiger partial charge in [-0.05, 0) is 45.7 Å². The molecule has 0 spiro atoms. The van der Waals surface area contributed by atoms with Crippen LogP contribution in [0.2, 0.25) is 0 Å². The SMILES string of the molecule is CC(CC(=O)O)N(c1c[nH]c2ccccc12)[C@@H](CNC(Cc1ccccc1)C(N)=O)C(=O)OC(C)(C)C. The molecule has 0 bridgehead atoms. The lowest BCUT2D eigenvalue weighted by Gasteiger charge is -2.38. The lowest BCUT2D eigenvalue weighted by molar-refractivity contribution is -0.157. The molecule has 0 radical (unpaired) electrons. The van der Waals surface area contributed by atoms with Crippen molar-refractivity contribution in [3.8, 4) is 0 Å². The van der Waals surface area contributed by atoms with E-state index in [1.165, 1.54) is 0 Å². The third kappa shape index (κ3) is 7.57. The van der Waals surface area contributed by atoms with Gasteiger partial charge in [-0.25, -0.2) is 4.79 Å². The van der Waals surface area contributed by atoms with E-state index in [2.05, 4.69) is 10.3 Å². The van der Waals surface area contributed by atoms with E-state index in [0.29, 0.717) is 12.1 Å². The molecule has 198 valence electrons. The highest BCUT2D eigenvalue weighted by atomic mass is 16.6. The number of esters is 1. The minimum Gasteiger partial charge on any atom is -0.481 e. The topological polar surface area (TPSA) is 138 Å². The summed E-state index contributed by atoms with van der Waals surface area (Å²) < 4.78 is 5.76. The second-order valence-electron chi connectivity index (χ2n) is 10.2. The van der Waals surface area contributed by atoms with Crippen LogP contribution in [0.5, 0.6) is 0 Å². The highest BCUT2D eigenvalue weighted by Crippen LogP contribution is 2.31. The minimum atomic E-state index is -0.993. The van der Waals surface area contributed by atoms with Gasteiger partial charge in [-0.2, -0.15) is 0 Å². The number of amides is 1. The Bertz CT molecular complexity index is 1220. The zero-order valence-electron chi connectivity index (χ0n) is 21.7. The number of fused-ring (bicyclic) bond motifs is 1. The highest BCUT2D eigenvalue weighted by Gasteiger charge is 2.36. The summed E-state index contributed by atoms with van der Waals surface area (Å²) in [6.07, 6.45) is 1.90. The lowest BCUT2D eigenvalue weighted by Crippen LogP contribution is -2.56. The Morgan fingerprint density at radius 2 is 1.73 bits per heavy atom. The number of primary amides is 1. The van der Waals surface area contributed by atoms with Crippen LogP contribution in [-0.4, -0.2) is 58.2 Å². The molecular weight excluding hydrogens is 472 g/mol. The maximum Gasteiger partial charge on any atom is 0.330 e. The molecule has 0 saturated heterocycles. The zero-order chi connectivity index (χ0) is 27.2. The van der Waals surface area contributed by atoms with Crippen LogP contribution in [0.3, 0.4) is 0 Å². The zero-order valence-corrected chi connectivity index (χ0v) is 21.7. The van der Waals surface area contributed by atoms with Gasteiger partial charge in [-0.1, -0.05) is 48.5 Å². The van der Waals surface area contributed by atoms with Crippen LogP contribution in [-0.2, 0) is 25.5 Å². The van der Waals surface area contributed by atoms with Crippen molar-refractivity contribution in [1.82, 2.24) is 10.3 Å². The third-order valence-corrected chi connectivity index (χ3v) is 5.99. The fourth-order valence-electron chi connectivity index (χ4n) is 4.38. The maximum absolute atomic E-state index is 13.6. The largest absolute Gasteiger partial charge is 0.481 e. The molecule has 0 aliphatic heterocycles. The molecule has 0 saturated carbocycles. The molecule has 1 heterocycles. The number of carboxylic acid groups (broad SMARTS) is 1. The van der Waals surface area contributed by atoms with Crippen LogP contribution in [0.15, 0.2) is 60.8 Å². The number of anilines is 1. The predicted molar refractivity (Wildman–Crippen MR) is 143 cm³/mol. The quantitative estimate of drug-likeness (QED) is 0.276. The van der Waals surface area contributed by atoms with E-state index in [1.807, 2.05) is 54.6 Å². The van der Waals surface area contributed by atoms with Crippen molar-refractivity contribution < 1.29 is 24.2 Å². The summed E-state index contributed by atoms with van der Waals surface area (Å²) in [6, 6.07) is 14.8. The summed E-state index contributed by atoms with van der Waals surface area (Å²) in [5, 5.41) is 13.6. The molecule has 1 amide bonds. The Morgan fingerprint density at radius 3 is 2.35 bits per heavy atom. The first kappa shape index (κ1) is 27.7. The number of rotatable bonds is 12. The number of carboxylic acids is 1. The van der Waals surface area contributed by atoms with Crippen molar-refractivity contribution in [3.63, 3.8) is 0 Å². The van der Waals surface area contributed by atoms with Gasteiger partial charge in [0.1, 0.15) is 11.6 Å². The van der Waals surface area contributed by atoms with Gasteiger partial charge >= 0.3 is 11.9 Å². The molecule has 3 rings (SSSR count). The fourth-order valence-corrected chi connectivity index (χ4v) is 4.38. The van der Waals surface area contributed by atoms with E-state index in [-0.39, 0.29) is 13.0 Å². The first-order valence-corrected chi connectivity index (χ1v) is 12.3. The average molecular weight is 509 g/mol. The molecule has 0 fully saturated rings. The number of ether oxygens (including phenoxy) is 1. The van der Waals surface area contributed by atoms with E-state index in [0.717, 1.165) is 16.5 Å². The lowest BCUT2D eigenvalue weighted by atomic mass is 10.0. The van der Waals surface area contributed by atoms with Crippen molar-refractivity contribution in [2.45, 2.75) is 64.3 Å². The molecule has 0 aliphatic rings. The standard InChI is InChI=1S/C28H36N4O5/c1-18(14-25(33)34)32(23-16-30-21-13-9-8-12-20(21)23)24(27(36)37-28(2,3)4)17-31-22(26(29)35)15-19-10-6-5-7-11-19/h5-13,16,18,22,24,30-31H,14-15,17H2,1-4H3,(H2,29,35)(H,33,34)/t18?,22?,24-/m0/s1. The number of aromatic amines is 1. The van der Waals surface area contributed by atoms with Crippen LogP contribution < -0.4 is 16.0 Å². The van der Waals surface area contributed by atoms with E-state index < -0.39 is 41.6 Å². The summed E-state index contributed by atoms with van der Waals surface area (Å²) >= 11 is 0. The summed E-state index contributed by atoms with van der Waals surface area (Å²) in [6.45, 7) is 7.08. The molecule has 5 N–H and O–H groups in total. The molecule has 1 aromatic heterocycles. The number of hydrogen-bond donors (Lipinski definition) is 4. The average Bonchev–Trinajstić information content (AvgIpc) is 3.23. The number of hydrogen-bond acceptors (Lipinski definition) is 6. The van der Waals surface area contributed by atoms with Crippen molar-refractivity contribution in [2.75, 3.05) is 11.4 Å². The molecule has 3 atom stereocenters. The van der Waals surface area contributed by atoms with Gasteiger partial charge in [0, 0.05) is 29.7 Å². The van der Waals surface area contributed by atoms with E-state index >= 15 is 0 Å². The van der Waals surface area contributed by atoms with Crippen molar-refractivity contribution in [1.29, 1.82) is 0 Å². The number of nitrogens with zero attached hydrogens (tertiary/aromatic N) is 1. The number of carbonyl (C=O) groups is 3. The molecule has 9 heteroatoms. The van der Waals surface area contributed by atoms with Gasteiger partial charge in [0.2, 0.25) is 5.91 Å². The summed E-state index contributed by atoms with van der Waals surface area (Å²) in [5.41, 5.74) is 7.36. The normalized spacial score (nSPS) is 14.1. The molecule has 2 unspecified atom stereocenters. The van der Waals surface area contributed by atoms with Crippen LogP contribution in [0, 0.1) is 0 Å². The van der Waals surface area contributed by atoms with Crippen LogP contribution in [0.25, 0.3) is 10.9 Å². The Labute approximate surface area is 217 Å². The van der Waals surface area contributed by atoms with Crippen LogP contribution in [0.4, 0.5) is 5.69 Å². The second kappa shape index (κ2) is 11.9. The monoisotopic (exact) mass is 508 g/mol. The fraction of sp³-hybridized carbons (Fsp3) is 0.393. The Balaban J connectivity index is 2.00. The first-order valence-electron chi connectivity index (χ1n) is 12.3. The van der Waals surface area contributed by atoms with Gasteiger partial charge in [0.15, 0.2) is 0 Å². The van der Waals surface area contributed by atoms with E-state index in [4.69, 9.17) is 10.5 Å². The number of para-hydroxylation sites is 1. The summed E-state index contributed by atoms with van der Waals surface area (Å²) in [4.78, 5) is 42.6. The number of nitrogens with one attached hydrogen (secondary N) is 2. The van der Waals surface area contributed by atoms with E-state index in [1.54, 1.807) is 38.8 Å². The highest BCUT2D eigenvalue weighted by molar-refractivity contribution is 5.95. The van der Waals surface area contributed by atoms with Crippen molar-refractivity contribution in [2.24, 2.45) is 5.73 Å². The molecule has 37 heavy (non-hydrogen) atoms. The summed E-state index contributed by atoms with van der Waals surface area (Å²) in [5.74, 6) is -2.08. The number of benzene rings is 2. The molecule has 2 aromatic carbocycles. The number of carbonyl (C=O) groups excluding carboxylic acids is 2. The number of nitrogens with two attached hydrogens (primary N) is 1. The van der Waals surface area contributed by atoms with Gasteiger partial charge in [0.25, 0.3) is 0 Å². The van der Waals surface area contributed by atoms with Gasteiger partial charge < -0.3 is 30.8 Å². The van der Waals surface area contributed by atoms with Crippen LogP contribution >= 0.6 is 0 Å². The molecule has 3 aromatic rings. The smallest absolute Gasteiger partial charge is 0.330 e. The Kier molecular flexibility index (Phi) is 8.94. The summed E-state index contributed by atoms with van der Waals surface area (Å²) in [7, 11) is 0. The van der Waals surface area contributed by atoms with Gasteiger partial charge in [0.05, 0.1) is 18.2 Å². The number of H-pyrrole nitrogens is 1. The Hall–Kier alpha value is -3.85. The minimum absolute atomic E-state index is 0.0127. The third-order valence-electron chi connectivity index (χ3n) is 5.99. The Morgan fingerprint density at radius 1 is 1.08 bits per heavy atom. The number of aromatic nitrogens is 1. The molecule has 0 aliphatic carbocycles.